The zero-order valence-electron chi connectivity index (χ0n) is 14.0. The van der Waals surface area contributed by atoms with Crippen LogP contribution >= 0.6 is 0 Å². The first kappa shape index (κ1) is 16.7. The molecular weight excluding hydrogens is 319 g/mol. The van der Waals surface area contributed by atoms with E-state index in [4.69, 9.17) is 0 Å². The minimum Gasteiger partial charge on any atom is -0.339 e. The van der Waals surface area contributed by atoms with Gasteiger partial charge in [-0.05, 0) is 48.7 Å². The Labute approximate surface area is 145 Å². The summed E-state index contributed by atoms with van der Waals surface area (Å²) in [4.78, 5) is 24.5. The number of carbonyl (C=O) groups excluding carboxylic acids is 1. The van der Waals surface area contributed by atoms with E-state index in [-0.39, 0.29) is 12.2 Å². The number of nitrogens with zero attached hydrogens (tertiary/aromatic N) is 3. The van der Waals surface area contributed by atoms with Crippen molar-refractivity contribution in [3.05, 3.63) is 77.3 Å². The van der Waals surface area contributed by atoms with E-state index in [1.807, 2.05) is 19.1 Å². The van der Waals surface area contributed by atoms with Crippen molar-refractivity contribution in [2.24, 2.45) is 0 Å². The van der Waals surface area contributed by atoms with Crippen LogP contribution in [0.15, 0.2) is 49.1 Å². The molecule has 25 heavy (non-hydrogen) atoms. The Hall–Kier alpha value is -3.15. The number of aromatic nitrogens is 3. The van der Waals surface area contributed by atoms with Gasteiger partial charge in [-0.25, -0.2) is 9.97 Å². The number of carbonyl (C=O) groups is 1. The molecule has 0 unspecified atom stereocenters. The molecule has 6 heteroatoms. The Morgan fingerprint density at radius 3 is 2.68 bits per heavy atom. The second-order valence-corrected chi connectivity index (χ2v) is 5.80. The van der Waals surface area contributed by atoms with Crippen molar-refractivity contribution in [2.45, 2.75) is 20.3 Å². The Morgan fingerprint density at radius 2 is 1.96 bits per heavy atom. The Morgan fingerprint density at radius 1 is 1.12 bits per heavy atom. The zero-order chi connectivity index (χ0) is 17.8. The molecular formula is C19H17FN4O. The molecule has 0 aromatic carbocycles. The van der Waals surface area contributed by atoms with E-state index in [0.717, 1.165) is 11.1 Å². The van der Waals surface area contributed by atoms with Crippen molar-refractivity contribution < 1.29 is 9.18 Å². The Bertz CT molecular complexity index is 910. The van der Waals surface area contributed by atoms with Gasteiger partial charge in [-0.3, -0.25) is 9.78 Å². The molecule has 0 bridgehead atoms. The predicted octanol–water partition coefficient (Wildman–Crippen LogP) is 3.80. The van der Waals surface area contributed by atoms with Crippen LogP contribution in [0.3, 0.4) is 0 Å². The van der Waals surface area contributed by atoms with Crippen molar-refractivity contribution in [2.75, 3.05) is 5.32 Å². The highest BCUT2D eigenvalue weighted by Gasteiger charge is 2.14. The number of nitrogens with one attached hydrogen (secondary N) is 1. The fourth-order valence-corrected chi connectivity index (χ4v) is 2.45. The third-order valence-electron chi connectivity index (χ3n) is 3.81. The topological polar surface area (TPSA) is 67.8 Å². The second-order valence-electron chi connectivity index (χ2n) is 5.80. The molecule has 0 atom stereocenters. The molecule has 3 rings (SSSR count). The third-order valence-corrected chi connectivity index (χ3v) is 3.81. The highest BCUT2D eigenvalue weighted by atomic mass is 19.1. The standard InChI is InChI=1S/C19H17FN4O/c1-12-3-4-19(23-9-12)24-16-11-21-6-5-14(16)8-17(25)15-10-22-18(20)7-13(15)2/h3-7,9-11H,8H2,1-2H3,(H,23,24). The molecule has 1 N–H and O–H groups in total. The van der Waals surface area contributed by atoms with Gasteiger partial charge in [-0.15, -0.1) is 0 Å². The molecule has 0 aliphatic carbocycles. The van der Waals surface area contributed by atoms with Gasteiger partial charge in [-0.1, -0.05) is 6.07 Å². The average Bonchev–Trinajstić information content (AvgIpc) is 2.58. The van der Waals surface area contributed by atoms with E-state index >= 15 is 0 Å². The lowest BCUT2D eigenvalue weighted by molar-refractivity contribution is 0.0992. The number of pyridine rings is 3. The summed E-state index contributed by atoms with van der Waals surface area (Å²) in [6.07, 6.45) is 6.48. The Kier molecular flexibility index (Phi) is 4.79. The molecule has 0 aliphatic heterocycles. The normalized spacial score (nSPS) is 10.5. The van der Waals surface area contributed by atoms with E-state index in [9.17, 15) is 9.18 Å². The van der Waals surface area contributed by atoms with Crippen molar-refractivity contribution in [3.8, 4) is 0 Å². The molecule has 3 heterocycles. The van der Waals surface area contributed by atoms with Crippen molar-refractivity contribution in [1.82, 2.24) is 15.0 Å². The van der Waals surface area contributed by atoms with Gasteiger partial charge in [0.05, 0.1) is 11.9 Å². The first-order valence-corrected chi connectivity index (χ1v) is 7.81. The first-order chi connectivity index (χ1) is 12.0. The van der Waals surface area contributed by atoms with Gasteiger partial charge < -0.3 is 5.32 Å². The van der Waals surface area contributed by atoms with Crippen molar-refractivity contribution in [1.29, 1.82) is 0 Å². The number of anilines is 2. The minimum absolute atomic E-state index is 0.129. The van der Waals surface area contributed by atoms with Gasteiger partial charge in [0.25, 0.3) is 0 Å². The molecule has 3 aromatic rings. The van der Waals surface area contributed by atoms with Gasteiger partial charge in [0.2, 0.25) is 5.95 Å². The van der Waals surface area contributed by atoms with Crippen LogP contribution in [-0.4, -0.2) is 20.7 Å². The molecule has 0 radical (unpaired) electrons. The summed E-state index contributed by atoms with van der Waals surface area (Å²) in [5.74, 6) is -0.0474. The molecule has 126 valence electrons. The van der Waals surface area contributed by atoms with Gasteiger partial charge in [0, 0.05) is 30.6 Å². The fourth-order valence-electron chi connectivity index (χ4n) is 2.45. The van der Waals surface area contributed by atoms with Crippen LogP contribution < -0.4 is 5.32 Å². The molecule has 0 saturated carbocycles. The molecule has 0 amide bonds. The number of halogens is 1. The van der Waals surface area contributed by atoms with Crippen LogP contribution in [0, 0.1) is 19.8 Å². The van der Waals surface area contributed by atoms with Gasteiger partial charge in [0.15, 0.2) is 5.78 Å². The van der Waals surface area contributed by atoms with E-state index < -0.39 is 5.95 Å². The summed E-state index contributed by atoms with van der Waals surface area (Å²) in [5.41, 5.74) is 3.54. The summed E-state index contributed by atoms with van der Waals surface area (Å²) in [6, 6.07) is 6.85. The predicted molar refractivity (Wildman–Crippen MR) is 93.5 cm³/mol. The summed E-state index contributed by atoms with van der Waals surface area (Å²) in [5, 5.41) is 3.18. The van der Waals surface area contributed by atoms with Crippen LogP contribution in [0.1, 0.15) is 27.0 Å². The van der Waals surface area contributed by atoms with Crippen molar-refractivity contribution in [3.63, 3.8) is 0 Å². The molecule has 0 fully saturated rings. The Balaban J connectivity index is 1.83. The summed E-state index contributed by atoms with van der Waals surface area (Å²) >= 11 is 0. The summed E-state index contributed by atoms with van der Waals surface area (Å²) < 4.78 is 13.1. The highest BCUT2D eigenvalue weighted by Crippen LogP contribution is 2.21. The maximum absolute atomic E-state index is 13.1. The van der Waals surface area contributed by atoms with Gasteiger partial charge in [0.1, 0.15) is 5.82 Å². The number of aryl methyl sites for hydroxylation is 2. The average molecular weight is 336 g/mol. The van der Waals surface area contributed by atoms with Crippen LogP contribution in [0.5, 0.6) is 0 Å². The SMILES string of the molecule is Cc1ccc(Nc2cnccc2CC(=O)c2cnc(F)cc2C)nc1. The maximum Gasteiger partial charge on any atom is 0.213 e. The lowest BCUT2D eigenvalue weighted by Crippen LogP contribution is -2.09. The smallest absolute Gasteiger partial charge is 0.213 e. The van der Waals surface area contributed by atoms with Crippen LogP contribution in [0.25, 0.3) is 0 Å². The van der Waals surface area contributed by atoms with E-state index in [1.54, 1.807) is 31.6 Å². The highest BCUT2D eigenvalue weighted by molar-refractivity contribution is 5.99. The summed E-state index contributed by atoms with van der Waals surface area (Å²) in [7, 11) is 0. The minimum atomic E-state index is -0.592. The first-order valence-electron chi connectivity index (χ1n) is 7.81. The number of rotatable bonds is 5. The van der Waals surface area contributed by atoms with E-state index in [0.29, 0.717) is 22.6 Å². The molecule has 5 nitrogen and oxygen atoms in total. The fraction of sp³-hybridized carbons (Fsp3) is 0.158. The van der Waals surface area contributed by atoms with Crippen molar-refractivity contribution >= 4 is 17.3 Å². The van der Waals surface area contributed by atoms with E-state index in [1.165, 1.54) is 12.3 Å². The number of Topliss-reactive ketones (excluding diaryl/α,β-unsaturated/α-hetero) is 1. The van der Waals surface area contributed by atoms with E-state index in [2.05, 4.69) is 20.3 Å². The monoisotopic (exact) mass is 336 g/mol. The number of hydrogen-bond acceptors (Lipinski definition) is 5. The van der Waals surface area contributed by atoms with Gasteiger partial charge >= 0.3 is 0 Å². The molecule has 0 spiro atoms. The largest absolute Gasteiger partial charge is 0.339 e. The third kappa shape index (κ3) is 4.03. The quantitative estimate of drug-likeness (QED) is 0.567. The lowest BCUT2D eigenvalue weighted by atomic mass is 10.0. The summed E-state index contributed by atoms with van der Waals surface area (Å²) in [6.45, 7) is 3.66. The number of hydrogen-bond donors (Lipinski definition) is 1. The zero-order valence-corrected chi connectivity index (χ0v) is 14.0. The second kappa shape index (κ2) is 7.17. The molecule has 3 aromatic heterocycles. The van der Waals surface area contributed by atoms with Crippen LogP contribution in [-0.2, 0) is 6.42 Å². The lowest BCUT2D eigenvalue weighted by Gasteiger charge is -2.11. The van der Waals surface area contributed by atoms with Gasteiger partial charge in [-0.2, -0.15) is 4.39 Å². The molecule has 0 saturated heterocycles. The maximum atomic E-state index is 13.1. The van der Waals surface area contributed by atoms with Crippen LogP contribution in [0.4, 0.5) is 15.9 Å². The number of ketones is 1. The molecule has 0 aliphatic rings. The van der Waals surface area contributed by atoms with Crippen LogP contribution in [0.2, 0.25) is 0 Å².